The van der Waals surface area contributed by atoms with E-state index in [4.69, 9.17) is 5.73 Å². The van der Waals surface area contributed by atoms with Crippen LogP contribution < -0.4 is 11.0 Å². The van der Waals surface area contributed by atoms with Gasteiger partial charge in [-0.3, -0.25) is 0 Å². The van der Waals surface area contributed by atoms with Crippen LogP contribution in [0.25, 0.3) is 0 Å². The summed E-state index contributed by atoms with van der Waals surface area (Å²) >= 11 is 0. The topological polar surface area (TPSA) is 57.5 Å². The molecule has 4 N–H and O–H groups in total. The smallest absolute Gasteiger partial charge is 0.0314 e. The van der Waals surface area contributed by atoms with E-state index < -0.39 is 0 Å². The van der Waals surface area contributed by atoms with Crippen molar-refractivity contribution in [2.24, 2.45) is 0 Å². The van der Waals surface area contributed by atoms with E-state index in [0.29, 0.717) is 0 Å². The summed E-state index contributed by atoms with van der Waals surface area (Å²) in [6.07, 6.45) is 0. The number of nitrogens with two attached hydrogens (primary N) is 1. The molecule has 0 radical (unpaired) electrons. The average Bonchev–Trinajstić information content (AvgIpc) is 1.90. The maximum absolute atomic E-state index is 5.48. The van der Waals surface area contributed by atoms with E-state index in [9.17, 15) is 0 Å². The minimum absolute atomic E-state index is 0. The molecule has 0 saturated carbocycles. The second-order valence-corrected chi connectivity index (χ2v) is 2.95. The van der Waals surface area contributed by atoms with E-state index in [0.717, 1.165) is 14.3 Å². The Bertz CT molecular complexity index is 185. The molecule has 56 valence electrons. The van der Waals surface area contributed by atoms with E-state index in [2.05, 4.69) is 18.8 Å². The molecule has 0 saturated heterocycles. The highest BCUT2D eigenvalue weighted by Gasteiger charge is 1.85. The van der Waals surface area contributed by atoms with Crippen LogP contribution in [0, 0.1) is 0 Å². The summed E-state index contributed by atoms with van der Waals surface area (Å²) in [5.74, 6) is 0. The monoisotopic (exact) mass is 157 g/mol. The summed E-state index contributed by atoms with van der Waals surface area (Å²) in [4.78, 5) is 0. The minimum atomic E-state index is 0. The molecule has 0 heterocycles. The first-order valence-electron chi connectivity index (χ1n) is 2.86. The Morgan fingerprint density at radius 2 is 1.70 bits per heavy atom. The molecule has 1 aromatic carbocycles. The molecule has 0 aliphatic rings. The summed E-state index contributed by atoms with van der Waals surface area (Å²) in [6.45, 7) is 2.16. The number of hydrogen-bond acceptors (Lipinski definition) is 1. The van der Waals surface area contributed by atoms with E-state index >= 15 is 0 Å². The lowest BCUT2D eigenvalue weighted by Gasteiger charge is -1.94. The van der Waals surface area contributed by atoms with Gasteiger partial charge < -0.3 is 11.2 Å². The minimum Gasteiger partial charge on any atom is -0.412 e. The van der Waals surface area contributed by atoms with Crippen LogP contribution in [0.15, 0.2) is 24.3 Å². The third-order valence-electron chi connectivity index (χ3n) is 1.20. The zero-order valence-electron chi connectivity index (χ0n) is 5.89. The molecule has 1 atom stereocenters. The highest BCUT2D eigenvalue weighted by atomic mass is 31.1. The first-order chi connectivity index (χ1) is 4.33. The first-order valence-corrected chi connectivity index (χ1v) is 4.36. The van der Waals surface area contributed by atoms with Crippen molar-refractivity contribution in [1.82, 2.24) is 0 Å². The highest BCUT2D eigenvalue weighted by molar-refractivity contribution is 7.46. The second-order valence-electron chi connectivity index (χ2n) is 1.87. The van der Waals surface area contributed by atoms with Crippen molar-refractivity contribution in [3.05, 3.63) is 24.3 Å². The Hall–Kier alpha value is -0.590. The van der Waals surface area contributed by atoms with Crippen molar-refractivity contribution >= 4 is 19.6 Å². The van der Waals surface area contributed by atoms with Gasteiger partial charge in [0.05, 0.1) is 0 Å². The largest absolute Gasteiger partial charge is 0.412 e. The Labute approximate surface area is 62.5 Å². The van der Waals surface area contributed by atoms with Crippen molar-refractivity contribution in [2.75, 3.05) is 12.4 Å². The second kappa shape index (κ2) is 4.26. The molecule has 0 aliphatic carbocycles. The molecular weight excluding hydrogens is 145 g/mol. The Morgan fingerprint density at radius 3 is 2.10 bits per heavy atom. The molecule has 2 nitrogen and oxygen atoms in total. The van der Waals surface area contributed by atoms with Gasteiger partial charge in [0.1, 0.15) is 0 Å². The van der Waals surface area contributed by atoms with E-state index in [1.165, 1.54) is 5.30 Å². The summed E-state index contributed by atoms with van der Waals surface area (Å²) in [7, 11) is 0.871. The van der Waals surface area contributed by atoms with Gasteiger partial charge in [-0.05, 0) is 24.1 Å². The zero-order valence-corrected chi connectivity index (χ0v) is 6.89. The molecule has 0 fully saturated rings. The Kier molecular flexibility index (Phi) is 4.01. The van der Waals surface area contributed by atoms with Crippen molar-refractivity contribution in [3.8, 4) is 0 Å². The molecular formula is C7H12NOP. The van der Waals surface area contributed by atoms with Gasteiger partial charge in [-0.2, -0.15) is 0 Å². The third-order valence-corrected chi connectivity index (χ3v) is 2.11. The maximum Gasteiger partial charge on any atom is 0.0314 e. The Balaban J connectivity index is 0.000000810. The predicted molar refractivity (Wildman–Crippen MR) is 48.3 cm³/mol. The molecule has 0 amide bonds. The summed E-state index contributed by atoms with van der Waals surface area (Å²) in [5.41, 5.74) is 6.33. The van der Waals surface area contributed by atoms with Crippen molar-refractivity contribution < 1.29 is 5.48 Å². The maximum atomic E-state index is 5.48. The first kappa shape index (κ1) is 9.41. The van der Waals surface area contributed by atoms with Gasteiger partial charge >= 0.3 is 0 Å². The van der Waals surface area contributed by atoms with Crippen molar-refractivity contribution in [2.45, 2.75) is 0 Å². The van der Waals surface area contributed by atoms with Crippen LogP contribution in [0.1, 0.15) is 0 Å². The van der Waals surface area contributed by atoms with Crippen LogP contribution in [0.5, 0.6) is 0 Å². The van der Waals surface area contributed by atoms with Gasteiger partial charge in [-0.1, -0.05) is 20.7 Å². The molecule has 1 rings (SSSR count). The predicted octanol–water partition coefficient (Wildman–Crippen LogP) is 0.378. The fourth-order valence-electron chi connectivity index (χ4n) is 0.650. The van der Waals surface area contributed by atoms with Crippen molar-refractivity contribution in [3.63, 3.8) is 0 Å². The number of anilines is 1. The standard InChI is InChI=1S/C7H10NP.H2O/c1-9-7-4-2-6(8)3-5-7;/h2-5,9H,8H2,1H3;1H2. The lowest BCUT2D eigenvalue weighted by Crippen LogP contribution is -1.92. The molecule has 1 unspecified atom stereocenters. The van der Waals surface area contributed by atoms with Gasteiger partial charge in [-0.25, -0.2) is 0 Å². The molecule has 0 spiro atoms. The fourth-order valence-corrected chi connectivity index (χ4v) is 1.15. The zero-order chi connectivity index (χ0) is 6.69. The van der Waals surface area contributed by atoms with Gasteiger partial charge in [0.2, 0.25) is 0 Å². The fraction of sp³-hybridized carbons (Fsp3) is 0.143. The number of rotatable bonds is 1. The quantitative estimate of drug-likeness (QED) is 0.465. The van der Waals surface area contributed by atoms with E-state index in [1.807, 2.05) is 12.1 Å². The number of hydrogen-bond donors (Lipinski definition) is 1. The highest BCUT2D eigenvalue weighted by Crippen LogP contribution is 2.05. The van der Waals surface area contributed by atoms with Crippen LogP contribution in [0.4, 0.5) is 5.69 Å². The molecule has 1 aromatic rings. The molecule has 0 bridgehead atoms. The van der Waals surface area contributed by atoms with Crippen LogP contribution in [0.3, 0.4) is 0 Å². The Morgan fingerprint density at radius 1 is 1.20 bits per heavy atom. The third kappa shape index (κ3) is 2.34. The lowest BCUT2D eigenvalue weighted by atomic mass is 10.3. The van der Waals surface area contributed by atoms with Crippen LogP contribution in [-0.4, -0.2) is 12.1 Å². The van der Waals surface area contributed by atoms with Gasteiger partial charge in [0.25, 0.3) is 0 Å². The molecule has 0 aromatic heterocycles. The van der Waals surface area contributed by atoms with Gasteiger partial charge in [-0.15, -0.1) is 0 Å². The number of nitrogen functional groups attached to an aromatic ring is 1. The average molecular weight is 157 g/mol. The van der Waals surface area contributed by atoms with Crippen molar-refractivity contribution in [1.29, 1.82) is 0 Å². The number of benzene rings is 1. The van der Waals surface area contributed by atoms with Gasteiger partial charge in [0.15, 0.2) is 0 Å². The molecule has 0 aliphatic heterocycles. The summed E-state index contributed by atoms with van der Waals surface area (Å²) < 4.78 is 0. The summed E-state index contributed by atoms with van der Waals surface area (Å²) in [6, 6.07) is 8.00. The normalized spacial score (nSPS) is 9.70. The van der Waals surface area contributed by atoms with Gasteiger partial charge in [0, 0.05) is 5.69 Å². The molecule has 3 heteroatoms. The van der Waals surface area contributed by atoms with E-state index in [-0.39, 0.29) is 5.48 Å². The van der Waals surface area contributed by atoms with E-state index in [1.54, 1.807) is 0 Å². The SMILES string of the molecule is CPc1ccc(N)cc1.O. The summed E-state index contributed by atoms with van der Waals surface area (Å²) in [5, 5.41) is 1.37. The lowest BCUT2D eigenvalue weighted by molar-refractivity contribution is 0.824. The van der Waals surface area contributed by atoms with Crippen LogP contribution in [-0.2, 0) is 0 Å². The molecule has 10 heavy (non-hydrogen) atoms. The van der Waals surface area contributed by atoms with Crippen LogP contribution >= 0.6 is 8.58 Å². The van der Waals surface area contributed by atoms with Crippen LogP contribution in [0.2, 0.25) is 0 Å².